The normalized spacial score (nSPS) is 19.1. The van der Waals surface area contributed by atoms with Gasteiger partial charge < -0.3 is 10.2 Å². The molecule has 2 aromatic carbocycles. The van der Waals surface area contributed by atoms with Crippen molar-refractivity contribution in [3.8, 4) is 11.5 Å². The topological polar surface area (TPSA) is 65.2 Å². The number of rotatable bonds is 4. The second-order valence-electron chi connectivity index (χ2n) is 15.9. The van der Waals surface area contributed by atoms with Crippen molar-refractivity contribution in [2.45, 2.75) is 143 Å². The van der Waals surface area contributed by atoms with Gasteiger partial charge in [-0.3, -0.25) is 9.98 Å². The largest absolute Gasteiger partial charge is 0.507 e. The molecule has 0 saturated heterocycles. The molecule has 0 amide bonds. The molecule has 5 heteroatoms. The van der Waals surface area contributed by atoms with Gasteiger partial charge in [0.05, 0.1) is 12.1 Å². The summed E-state index contributed by atoms with van der Waals surface area (Å²) in [6, 6.07) is 8.53. The predicted molar refractivity (Wildman–Crippen MR) is 172 cm³/mol. The summed E-state index contributed by atoms with van der Waals surface area (Å²) in [5, 5.41) is 22.5. The fourth-order valence-corrected chi connectivity index (χ4v) is 5.31. The molecule has 1 fully saturated rings. The molecule has 41 heavy (non-hydrogen) atoms. The second kappa shape index (κ2) is 12.6. The van der Waals surface area contributed by atoms with Crippen molar-refractivity contribution in [1.29, 1.82) is 0 Å². The van der Waals surface area contributed by atoms with Gasteiger partial charge in [0.1, 0.15) is 11.5 Å². The molecule has 2 atom stereocenters. The Morgan fingerprint density at radius 3 is 1.15 bits per heavy atom. The van der Waals surface area contributed by atoms with E-state index in [1.54, 1.807) is 0 Å². The number of aromatic hydroxyl groups is 2. The van der Waals surface area contributed by atoms with Crippen LogP contribution < -0.4 is 0 Å². The number of hydrogen-bond donors (Lipinski definition) is 2. The molecule has 227 valence electrons. The molecule has 1 saturated carbocycles. The van der Waals surface area contributed by atoms with Crippen molar-refractivity contribution in [3.05, 3.63) is 57.6 Å². The average molecular weight is 602 g/mol. The monoisotopic (exact) mass is 601 g/mol. The maximum atomic E-state index is 11.2. The molecule has 1 aliphatic rings. The summed E-state index contributed by atoms with van der Waals surface area (Å²) in [6.07, 6.45) is 7.90. The van der Waals surface area contributed by atoms with Gasteiger partial charge in [-0.15, -0.1) is 0 Å². The number of aliphatic imine (C=N–C) groups is 2. The quantitative estimate of drug-likeness (QED) is 0.271. The summed E-state index contributed by atoms with van der Waals surface area (Å²) in [5.41, 5.74) is 5.39. The van der Waals surface area contributed by atoms with Crippen molar-refractivity contribution in [2.24, 2.45) is 9.98 Å². The zero-order valence-electron chi connectivity index (χ0n) is 27.6. The molecular formula is C36H54MnN2O2. The molecule has 2 N–H and O–H groups in total. The van der Waals surface area contributed by atoms with E-state index in [9.17, 15) is 10.2 Å². The van der Waals surface area contributed by atoms with Crippen LogP contribution in [0.2, 0.25) is 0 Å². The standard InChI is InChI=1S/C36H54N2O2.Mn/c1-33(2,3)25-17-23(31(39)27(19-25)35(7,8)9)21-37-29-15-13-14-16-30(29)38-22-24-18-26(34(4,5)6)20-28(32(24)40)36(10,11)12;/h17-22,29-30,39-40H,13-16H2,1-12H3;/t29-,30-;/m0./s1. The number of phenols is 2. The molecule has 1 radical (unpaired) electrons. The van der Waals surface area contributed by atoms with Gasteiger partial charge in [-0.1, -0.05) is 108 Å². The second-order valence-corrected chi connectivity index (χ2v) is 15.9. The van der Waals surface area contributed by atoms with E-state index >= 15 is 0 Å². The van der Waals surface area contributed by atoms with Crippen molar-refractivity contribution in [2.75, 3.05) is 0 Å². The van der Waals surface area contributed by atoms with Crippen LogP contribution in [0.15, 0.2) is 34.3 Å². The zero-order chi connectivity index (χ0) is 30.3. The molecule has 1 aliphatic carbocycles. The maximum Gasteiger partial charge on any atom is 0.128 e. The van der Waals surface area contributed by atoms with Gasteiger partial charge in [0.25, 0.3) is 0 Å². The van der Waals surface area contributed by atoms with Crippen LogP contribution in [0, 0.1) is 0 Å². The third-order valence-electron chi connectivity index (χ3n) is 8.13. The van der Waals surface area contributed by atoms with Gasteiger partial charge in [0.2, 0.25) is 0 Å². The van der Waals surface area contributed by atoms with E-state index in [0.29, 0.717) is 11.5 Å². The van der Waals surface area contributed by atoms with Crippen molar-refractivity contribution in [1.82, 2.24) is 0 Å². The van der Waals surface area contributed by atoms with Crippen molar-refractivity contribution in [3.63, 3.8) is 0 Å². The van der Waals surface area contributed by atoms with E-state index in [1.807, 2.05) is 12.4 Å². The summed E-state index contributed by atoms with van der Waals surface area (Å²) < 4.78 is 0. The first-order valence-corrected chi connectivity index (χ1v) is 15.0. The summed E-state index contributed by atoms with van der Waals surface area (Å²) in [5.74, 6) is 0.637. The molecule has 0 spiro atoms. The van der Waals surface area contributed by atoms with Crippen molar-refractivity contribution < 1.29 is 27.3 Å². The smallest absolute Gasteiger partial charge is 0.128 e. The van der Waals surface area contributed by atoms with Crippen LogP contribution in [0.25, 0.3) is 0 Å². The average Bonchev–Trinajstić information content (AvgIpc) is 2.80. The van der Waals surface area contributed by atoms with Gasteiger partial charge in [0.15, 0.2) is 0 Å². The van der Waals surface area contributed by atoms with E-state index in [-0.39, 0.29) is 50.8 Å². The third kappa shape index (κ3) is 8.71. The van der Waals surface area contributed by atoms with E-state index < -0.39 is 0 Å². The Morgan fingerprint density at radius 2 is 0.878 bits per heavy atom. The van der Waals surface area contributed by atoms with Crippen LogP contribution in [0.3, 0.4) is 0 Å². The van der Waals surface area contributed by atoms with Crippen LogP contribution in [0.5, 0.6) is 11.5 Å². The molecule has 0 bridgehead atoms. The van der Waals surface area contributed by atoms with Gasteiger partial charge >= 0.3 is 0 Å². The Hall–Kier alpha value is -2.10. The summed E-state index contributed by atoms with van der Waals surface area (Å²) >= 11 is 0. The van der Waals surface area contributed by atoms with Crippen LogP contribution >= 0.6 is 0 Å². The maximum absolute atomic E-state index is 11.2. The zero-order valence-corrected chi connectivity index (χ0v) is 28.8. The van der Waals surface area contributed by atoms with E-state index in [1.165, 1.54) is 11.1 Å². The minimum absolute atomic E-state index is 0. The summed E-state index contributed by atoms with van der Waals surface area (Å²) in [6.45, 7) is 26.0. The molecule has 3 rings (SSSR count). The van der Waals surface area contributed by atoms with E-state index in [2.05, 4.69) is 107 Å². The fourth-order valence-electron chi connectivity index (χ4n) is 5.31. The number of phenolic OH excluding ortho intramolecular Hbond substituents is 2. The Morgan fingerprint density at radius 1 is 0.561 bits per heavy atom. The summed E-state index contributed by atoms with van der Waals surface area (Å²) in [7, 11) is 0. The number of benzene rings is 2. The molecule has 0 aliphatic heterocycles. The third-order valence-corrected chi connectivity index (χ3v) is 8.13. The first-order chi connectivity index (χ1) is 18.2. The minimum atomic E-state index is -0.179. The molecule has 0 unspecified atom stereocenters. The van der Waals surface area contributed by atoms with Crippen LogP contribution in [0.4, 0.5) is 0 Å². The molecular weight excluding hydrogens is 547 g/mol. The number of nitrogens with zero attached hydrogens (tertiary/aromatic N) is 2. The molecule has 0 aromatic heterocycles. The van der Waals surface area contributed by atoms with Crippen LogP contribution in [0.1, 0.15) is 142 Å². The SMILES string of the molecule is CC(C)(C)c1cc(C=N[C@H]2CCCC[C@@H]2N=Cc2cc(C(C)(C)C)cc(C(C)(C)C)c2O)c(O)c(C(C)(C)C)c1.[Mn]. The predicted octanol–water partition coefficient (Wildman–Crippen LogP) is 9.13. The Labute approximate surface area is 260 Å². The first kappa shape index (κ1) is 35.1. The van der Waals surface area contributed by atoms with E-state index in [0.717, 1.165) is 47.9 Å². The van der Waals surface area contributed by atoms with Crippen LogP contribution in [-0.2, 0) is 38.7 Å². The van der Waals surface area contributed by atoms with Crippen molar-refractivity contribution >= 4 is 12.4 Å². The Bertz CT molecular complexity index is 1170. The van der Waals surface area contributed by atoms with Gasteiger partial charge in [-0.2, -0.15) is 0 Å². The Kier molecular flexibility index (Phi) is 10.8. The van der Waals surface area contributed by atoms with Gasteiger partial charge in [-0.25, -0.2) is 0 Å². The van der Waals surface area contributed by atoms with Crippen LogP contribution in [-0.4, -0.2) is 34.7 Å². The molecule has 4 nitrogen and oxygen atoms in total. The first-order valence-electron chi connectivity index (χ1n) is 15.0. The van der Waals surface area contributed by atoms with E-state index in [4.69, 9.17) is 9.98 Å². The Balaban J connectivity index is 0.00000588. The molecule has 2 aromatic rings. The molecule has 0 heterocycles. The minimum Gasteiger partial charge on any atom is -0.507 e. The number of hydrogen-bond acceptors (Lipinski definition) is 4. The van der Waals surface area contributed by atoms with Gasteiger partial charge in [-0.05, 0) is 57.8 Å². The fraction of sp³-hybridized carbons (Fsp3) is 0.611. The summed E-state index contributed by atoms with van der Waals surface area (Å²) in [4.78, 5) is 10.1. The van der Waals surface area contributed by atoms with Gasteiger partial charge in [0, 0.05) is 51.8 Å².